The molecule has 0 amide bonds. The van der Waals surface area contributed by atoms with Crippen LogP contribution in [0, 0.1) is 17.8 Å². The van der Waals surface area contributed by atoms with Gasteiger partial charge in [-0.2, -0.15) is 26.3 Å². The van der Waals surface area contributed by atoms with Crippen LogP contribution in [0.25, 0.3) is 0 Å². The molecule has 2 rings (SSSR count). The number of fused-ring (bicyclic) bond motifs is 2. The van der Waals surface area contributed by atoms with Gasteiger partial charge in [0.05, 0.1) is 5.92 Å². The SMILES string of the molecule is CCC(I)C(=O)OC1(C(OC(=O)C(C)C)(C(F)(F)F)C(F)(F)F)CC2CCC1C2. The van der Waals surface area contributed by atoms with Crippen molar-refractivity contribution in [2.45, 2.75) is 80.4 Å². The van der Waals surface area contributed by atoms with Crippen LogP contribution in [-0.2, 0) is 19.1 Å². The minimum Gasteiger partial charge on any atom is -0.453 e. The molecule has 0 N–H and O–H groups in total. The van der Waals surface area contributed by atoms with Crippen molar-refractivity contribution in [2.24, 2.45) is 17.8 Å². The molecule has 4 atom stereocenters. The molecular weight excluding hydrogens is 521 g/mol. The van der Waals surface area contributed by atoms with Gasteiger partial charge in [0.25, 0.3) is 0 Å². The van der Waals surface area contributed by atoms with Crippen molar-refractivity contribution in [3.05, 3.63) is 0 Å². The number of hydrogen-bond acceptors (Lipinski definition) is 4. The van der Waals surface area contributed by atoms with Crippen molar-refractivity contribution in [1.82, 2.24) is 0 Å². The molecule has 0 aliphatic heterocycles. The smallest absolute Gasteiger partial charge is 0.441 e. The van der Waals surface area contributed by atoms with E-state index in [4.69, 9.17) is 4.74 Å². The van der Waals surface area contributed by atoms with E-state index < -0.39 is 63.6 Å². The first kappa shape index (κ1) is 24.5. The Balaban J connectivity index is 2.74. The van der Waals surface area contributed by atoms with E-state index in [-0.39, 0.29) is 19.3 Å². The Morgan fingerprint density at radius 3 is 1.97 bits per heavy atom. The van der Waals surface area contributed by atoms with Crippen molar-refractivity contribution in [1.29, 1.82) is 0 Å². The molecule has 2 aliphatic rings. The molecule has 2 bridgehead atoms. The van der Waals surface area contributed by atoms with Gasteiger partial charge in [-0.3, -0.25) is 9.59 Å². The lowest BCUT2D eigenvalue weighted by Gasteiger charge is -2.51. The normalized spacial score (nSPS) is 28.5. The maximum Gasteiger partial charge on any atom is 0.441 e. The lowest BCUT2D eigenvalue weighted by atomic mass is 9.70. The summed E-state index contributed by atoms with van der Waals surface area (Å²) >= 11 is 1.62. The lowest BCUT2D eigenvalue weighted by molar-refractivity contribution is -0.419. The standard InChI is InChI=1S/C18H23F6IO4/c1-4-12(25)14(27)28-15(8-10-5-6-11(15)7-10)16(17(19,20)21,18(22,23)24)29-13(26)9(2)3/h9-12H,4-8H2,1-3H3. The zero-order valence-corrected chi connectivity index (χ0v) is 18.3. The summed E-state index contributed by atoms with van der Waals surface area (Å²) in [6.45, 7) is 3.83. The number of carbonyl (C=O) groups is 2. The Morgan fingerprint density at radius 1 is 1.07 bits per heavy atom. The third-order valence-corrected chi connectivity index (χ3v) is 7.20. The average molecular weight is 544 g/mol. The summed E-state index contributed by atoms with van der Waals surface area (Å²) in [4.78, 5) is 24.5. The zero-order chi connectivity index (χ0) is 22.4. The number of halogens is 7. The fourth-order valence-electron chi connectivity index (χ4n) is 4.43. The number of hydrogen-bond donors (Lipinski definition) is 0. The maximum absolute atomic E-state index is 14.3. The first-order chi connectivity index (χ1) is 13.1. The molecule has 4 nitrogen and oxygen atoms in total. The Labute approximate surface area is 178 Å². The minimum absolute atomic E-state index is 0.0309. The molecular formula is C18H23F6IO4. The summed E-state index contributed by atoms with van der Waals surface area (Å²) in [5, 5.41) is 0. The van der Waals surface area contributed by atoms with Gasteiger partial charge in [-0.1, -0.05) is 43.4 Å². The van der Waals surface area contributed by atoms with E-state index in [2.05, 4.69) is 4.74 Å². The van der Waals surface area contributed by atoms with Crippen LogP contribution in [0.4, 0.5) is 26.3 Å². The van der Waals surface area contributed by atoms with Gasteiger partial charge in [0.1, 0.15) is 3.92 Å². The first-order valence-electron chi connectivity index (χ1n) is 9.36. The molecule has 29 heavy (non-hydrogen) atoms. The average Bonchev–Trinajstić information content (AvgIpc) is 3.17. The van der Waals surface area contributed by atoms with E-state index in [0.29, 0.717) is 6.42 Å². The zero-order valence-electron chi connectivity index (χ0n) is 16.1. The van der Waals surface area contributed by atoms with Gasteiger partial charge in [-0.25, -0.2) is 0 Å². The topological polar surface area (TPSA) is 52.6 Å². The van der Waals surface area contributed by atoms with E-state index >= 15 is 0 Å². The molecule has 168 valence electrons. The summed E-state index contributed by atoms with van der Waals surface area (Å²) in [6.07, 6.45) is -12.0. The molecule has 2 fully saturated rings. The quantitative estimate of drug-likeness (QED) is 0.196. The second-order valence-corrected chi connectivity index (χ2v) is 9.52. The molecule has 0 radical (unpaired) electrons. The summed E-state index contributed by atoms with van der Waals surface area (Å²) < 4.78 is 94.1. The van der Waals surface area contributed by atoms with Gasteiger partial charge in [-0.05, 0) is 38.0 Å². The van der Waals surface area contributed by atoms with Crippen LogP contribution in [0.15, 0.2) is 0 Å². The maximum atomic E-state index is 14.3. The van der Waals surface area contributed by atoms with Crippen molar-refractivity contribution in [3.63, 3.8) is 0 Å². The van der Waals surface area contributed by atoms with Gasteiger partial charge < -0.3 is 9.47 Å². The monoisotopic (exact) mass is 544 g/mol. The predicted octanol–water partition coefficient (Wildman–Crippen LogP) is 5.36. The van der Waals surface area contributed by atoms with Gasteiger partial charge in [0, 0.05) is 5.92 Å². The van der Waals surface area contributed by atoms with Crippen molar-refractivity contribution >= 4 is 34.5 Å². The van der Waals surface area contributed by atoms with Crippen LogP contribution in [0.3, 0.4) is 0 Å². The highest BCUT2D eigenvalue weighted by molar-refractivity contribution is 14.1. The van der Waals surface area contributed by atoms with Crippen molar-refractivity contribution in [2.75, 3.05) is 0 Å². The first-order valence-corrected chi connectivity index (χ1v) is 10.6. The van der Waals surface area contributed by atoms with E-state index in [0.717, 1.165) is 13.8 Å². The summed E-state index contributed by atoms with van der Waals surface area (Å²) in [5.74, 6) is -5.74. The highest BCUT2D eigenvalue weighted by Crippen LogP contribution is 2.65. The molecule has 2 saturated carbocycles. The van der Waals surface area contributed by atoms with Crippen LogP contribution in [0.2, 0.25) is 0 Å². The molecule has 0 spiro atoms. The fraction of sp³-hybridized carbons (Fsp3) is 0.889. The molecule has 2 aliphatic carbocycles. The van der Waals surface area contributed by atoms with Gasteiger partial charge in [0.15, 0.2) is 5.60 Å². The largest absolute Gasteiger partial charge is 0.453 e. The van der Waals surface area contributed by atoms with E-state index in [1.54, 1.807) is 29.5 Å². The lowest BCUT2D eigenvalue weighted by Crippen LogP contribution is -2.75. The molecule has 0 aromatic carbocycles. The van der Waals surface area contributed by atoms with Crippen LogP contribution < -0.4 is 0 Å². The Bertz CT molecular complexity index is 633. The van der Waals surface area contributed by atoms with Crippen LogP contribution in [0.1, 0.15) is 52.9 Å². The van der Waals surface area contributed by atoms with E-state index in [1.807, 2.05) is 0 Å². The Kier molecular flexibility index (Phi) is 6.82. The molecule has 0 heterocycles. The third-order valence-electron chi connectivity index (χ3n) is 5.81. The molecule has 4 unspecified atom stereocenters. The Morgan fingerprint density at radius 2 is 1.62 bits per heavy atom. The molecule has 0 aromatic rings. The van der Waals surface area contributed by atoms with Crippen molar-refractivity contribution in [3.8, 4) is 0 Å². The second kappa shape index (κ2) is 8.07. The number of esters is 2. The fourth-order valence-corrected chi connectivity index (χ4v) is 4.56. The van der Waals surface area contributed by atoms with Gasteiger partial charge >= 0.3 is 29.9 Å². The number of alkyl halides is 7. The van der Waals surface area contributed by atoms with Crippen LogP contribution in [-0.4, -0.2) is 39.4 Å². The van der Waals surface area contributed by atoms with Crippen molar-refractivity contribution < 1.29 is 45.4 Å². The number of ether oxygens (including phenoxy) is 2. The molecule has 11 heteroatoms. The van der Waals surface area contributed by atoms with Crippen LogP contribution >= 0.6 is 22.6 Å². The summed E-state index contributed by atoms with van der Waals surface area (Å²) in [5.41, 5.74) is -7.96. The van der Waals surface area contributed by atoms with Gasteiger partial charge in [-0.15, -0.1) is 0 Å². The number of rotatable bonds is 6. The second-order valence-electron chi connectivity index (χ2n) is 8.02. The van der Waals surface area contributed by atoms with E-state index in [9.17, 15) is 35.9 Å². The summed E-state index contributed by atoms with van der Waals surface area (Å²) in [7, 11) is 0. The highest BCUT2D eigenvalue weighted by atomic mass is 127. The third kappa shape index (κ3) is 3.96. The molecule has 0 aromatic heterocycles. The van der Waals surface area contributed by atoms with E-state index in [1.165, 1.54) is 0 Å². The predicted molar refractivity (Wildman–Crippen MR) is 98.1 cm³/mol. The number of carbonyl (C=O) groups excluding carboxylic acids is 2. The van der Waals surface area contributed by atoms with Crippen LogP contribution in [0.5, 0.6) is 0 Å². The molecule has 0 saturated heterocycles. The summed E-state index contributed by atoms with van der Waals surface area (Å²) in [6, 6.07) is 0. The minimum atomic E-state index is -6.03. The Hall–Kier alpha value is -0.750. The van der Waals surface area contributed by atoms with Gasteiger partial charge in [0.2, 0.25) is 0 Å². The highest BCUT2D eigenvalue weighted by Gasteiger charge is 2.87.